The highest BCUT2D eigenvalue weighted by Crippen LogP contribution is 2.23. The number of anilines is 2. The van der Waals surface area contributed by atoms with Gasteiger partial charge in [-0.3, -0.25) is 9.78 Å². The van der Waals surface area contributed by atoms with Crippen LogP contribution in [0.1, 0.15) is 21.5 Å². The number of hydrogen-bond donors (Lipinski definition) is 2. The molecule has 0 unspecified atom stereocenters. The van der Waals surface area contributed by atoms with Gasteiger partial charge in [0.15, 0.2) is 0 Å². The maximum Gasteiger partial charge on any atom is 0.251 e. The van der Waals surface area contributed by atoms with Crippen LogP contribution in [0.4, 0.5) is 11.5 Å². The Morgan fingerprint density at radius 3 is 2.80 bits per heavy atom. The SMILES string of the molecule is Cc1cc(Cl)ccc1Nc1cc(C(=O)NCc2cccnc2)ccn1. The van der Waals surface area contributed by atoms with Gasteiger partial charge in [-0.1, -0.05) is 17.7 Å². The molecule has 25 heavy (non-hydrogen) atoms. The fourth-order valence-electron chi connectivity index (χ4n) is 2.33. The monoisotopic (exact) mass is 352 g/mol. The molecule has 0 bridgehead atoms. The minimum atomic E-state index is -0.165. The standard InChI is InChI=1S/C19H17ClN4O/c1-13-9-16(20)4-5-17(13)24-18-10-15(6-8-22-18)19(25)23-12-14-3-2-7-21-11-14/h2-11H,12H2,1H3,(H,22,24)(H,23,25). The van der Waals surface area contributed by atoms with Crippen LogP contribution in [-0.4, -0.2) is 15.9 Å². The van der Waals surface area contributed by atoms with E-state index in [1.807, 2.05) is 31.2 Å². The minimum Gasteiger partial charge on any atom is -0.348 e. The minimum absolute atomic E-state index is 0.165. The molecule has 2 aromatic heterocycles. The second-order valence-corrected chi connectivity index (χ2v) is 5.99. The summed E-state index contributed by atoms with van der Waals surface area (Å²) in [6.07, 6.45) is 5.03. The van der Waals surface area contributed by atoms with Crippen molar-refractivity contribution in [3.05, 3.63) is 82.8 Å². The zero-order chi connectivity index (χ0) is 17.6. The third-order valence-electron chi connectivity index (χ3n) is 3.65. The lowest BCUT2D eigenvalue weighted by Crippen LogP contribution is -2.23. The van der Waals surface area contributed by atoms with Crippen molar-refractivity contribution in [3.8, 4) is 0 Å². The molecular weight excluding hydrogens is 336 g/mol. The van der Waals surface area contributed by atoms with E-state index in [0.29, 0.717) is 22.9 Å². The van der Waals surface area contributed by atoms with Crippen LogP contribution in [0.2, 0.25) is 5.02 Å². The number of amides is 1. The number of nitrogens with one attached hydrogen (secondary N) is 2. The van der Waals surface area contributed by atoms with Crippen molar-refractivity contribution in [1.82, 2.24) is 15.3 Å². The molecule has 0 atom stereocenters. The molecule has 0 radical (unpaired) electrons. The van der Waals surface area contributed by atoms with Crippen molar-refractivity contribution >= 4 is 29.0 Å². The second-order valence-electron chi connectivity index (χ2n) is 5.56. The summed E-state index contributed by atoms with van der Waals surface area (Å²) in [4.78, 5) is 20.6. The van der Waals surface area contributed by atoms with Crippen molar-refractivity contribution < 1.29 is 4.79 Å². The topological polar surface area (TPSA) is 66.9 Å². The van der Waals surface area contributed by atoms with Gasteiger partial charge < -0.3 is 10.6 Å². The fourth-order valence-corrected chi connectivity index (χ4v) is 2.56. The first-order valence-electron chi connectivity index (χ1n) is 7.78. The Morgan fingerprint density at radius 2 is 2.04 bits per heavy atom. The molecule has 6 heteroatoms. The summed E-state index contributed by atoms with van der Waals surface area (Å²) >= 11 is 5.97. The molecular formula is C19H17ClN4O. The molecule has 2 heterocycles. The normalized spacial score (nSPS) is 10.3. The molecule has 0 aliphatic heterocycles. The van der Waals surface area contributed by atoms with Crippen LogP contribution in [0.15, 0.2) is 61.1 Å². The van der Waals surface area contributed by atoms with E-state index < -0.39 is 0 Å². The smallest absolute Gasteiger partial charge is 0.251 e. The summed E-state index contributed by atoms with van der Waals surface area (Å²) in [5.41, 5.74) is 3.37. The molecule has 0 spiro atoms. The highest BCUT2D eigenvalue weighted by molar-refractivity contribution is 6.30. The Kier molecular flexibility index (Phi) is 5.26. The Balaban J connectivity index is 1.69. The van der Waals surface area contributed by atoms with E-state index in [4.69, 9.17) is 11.6 Å². The first kappa shape index (κ1) is 16.9. The summed E-state index contributed by atoms with van der Waals surface area (Å²) in [5, 5.41) is 6.76. The lowest BCUT2D eigenvalue weighted by molar-refractivity contribution is 0.0951. The number of nitrogens with zero attached hydrogens (tertiary/aromatic N) is 2. The van der Waals surface area contributed by atoms with Crippen LogP contribution in [-0.2, 0) is 6.54 Å². The first-order chi connectivity index (χ1) is 12.1. The number of aromatic nitrogens is 2. The predicted octanol–water partition coefficient (Wildman–Crippen LogP) is 4.11. The molecule has 5 nitrogen and oxygen atoms in total. The van der Waals surface area contributed by atoms with Gasteiger partial charge in [-0.25, -0.2) is 4.98 Å². The predicted molar refractivity (Wildman–Crippen MR) is 99.1 cm³/mol. The molecule has 0 aliphatic rings. The van der Waals surface area contributed by atoms with Crippen LogP contribution < -0.4 is 10.6 Å². The molecule has 1 amide bonds. The Bertz CT molecular complexity index is 884. The number of carbonyl (C=O) groups excluding carboxylic acids is 1. The number of carbonyl (C=O) groups is 1. The summed E-state index contributed by atoms with van der Waals surface area (Å²) < 4.78 is 0. The van der Waals surface area contributed by atoms with Gasteiger partial charge >= 0.3 is 0 Å². The van der Waals surface area contributed by atoms with E-state index in [-0.39, 0.29) is 5.91 Å². The maximum atomic E-state index is 12.3. The quantitative estimate of drug-likeness (QED) is 0.725. The third-order valence-corrected chi connectivity index (χ3v) is 3.88. The van der Waals surface area contributed by atoms with Crippen LogP contribution in [0.25, 0.3) is 0 Å². The second kappa shape index (κ2) is 7.77. The summed E-state index contributed by atoms with van der Waals surface area (Å²) in [5.74, 6) is 0.432. The van der Waals surface area contributed by atoms with Gasteiger partial charge in [-0.15, -0.1) is 0 Å². The van der Waals surface area contributed by atoms with Gasteiger partial charge in [0.05, 0.1) is 0 Å². The molecule has 0 aliphatic carbocycles. The molecule has 0 saturated carbocycles. The molecule has 3 rings (SSSR count). The Labute approximate surface area is 151 Å². The van der Waals surface area contributed by atoms with Gasteiger partial charge in [0, 0.05) is 41.4 Å². The number of pyridine rings is 2. The number of hydrogen-bond acceptors (Lipinski definition) is 4. The molecule has 0 saturated heterocycles. The average molecular weight is 353 g/mol. The number of halogens is 1. The zero-order valence-electron chi connectivity index (χ0n) is 13.7. The maximum absolute atomic E-state index is 12.3. The van der Waals surface area contributed by atoms with Crippen molar-refractivity contribution in [3.63, 3.8) is 0 Å². The summed E-state index contributed by atoms with van der Waals surface area (Å²) in [7, 11) is 0. The van der Waals surface area contributed by atoms with Gasteiger partial charge in [-0.05, 0) is 54.4 Å². The Hall–Kier alpha value is -2.92. The third kappa shape index (κ3) is 4.55. The van der Waals surface area contributed by atoms with Crippen LogP contribution in [0.3, 0.4) is 0 Å². The van der Waals surface area contributed by atoms with Crippen molar-refractivity contribution in [2.45, 2.75) is 13.5 Å². The van der Waals surface area contributed by atoms with E-state index >= 15 is 0 Å². The van der Waals surface area contributed by atoms with E-state index in [1.54, 1.807) is 36.8 Å². The number of aryl methyl sites for hydroxylation is 1. The fraction of sp³-hybridized carbons (Fsp3) is 0.105. The molecule has 2 N–H and O–H groups in total. The lowest BCUT2D eigenvalue weighted by Gasteiger charge is -2.10. The van der Waals surface area contributed by atoms with Crippen molar-refractivity contribution in [2.24, 2.45) is 0 Å². The van der Waals surface area contributed by atoms with Gasteiger partial charge in [0.2, 0.25) is 0 Å². The van der Waals surface area contributed by atoms with E-state index in [1.165, 1.54) is 0 Å². The number of benzene rings is 1. The van der Waals surface area contributed by atoms with Gasteiger partial charge in [0.1, 0.15) is 5.82 Å². The van der Waals surface area contributed by atoms with E-state index in [2.05, 4.69) is 20.6 Å². The lowest BCUT2D eigenvalue weighted by atomic mass is 10.2. The molecule has 0 fully saturated rings. The van der Waals surface area contributed by atoms with Gasteiger partial charge in [-0.2, -0.15) is 0 Å². The van der Waals surface area contributed by atoms with Crippen LogP contribution in [0, 0.1) is 6.92 Å². The largest absolute Gasteiger partial charge is 0.348 e. The Morgan fingerprint density at radius 1 is 1.16 bits per heavy atom. The molecule has 1 aromatic carbocycles. The number of rotatable bonds is 5. The summed E-state index contributed by atoms with van der Waals surface area (Å²) in [6, 6.07) is 12.7. The molecule has 126 valence electrons. The zero-order valence-corrected chi connectivity index (χ0v) is 14.4. The van der Waals surface area contributed by atoms with Crippen molar-refractivity contribution in [1.29, 1.82) is 0 Å². The average Bonchev–Trinajstić information content (AvgIpc) is 2.63. The van der Waals surface area contributed by atoms with Crippen LogP contribution in [0.5, 0.6) is 0 Å². The van der Waals surface area contributed by atoms with E-state index in [9.17, 15) is 4.79 Å². The van der Waals surface area contributed by atoms with Crippen molar-refractivity contribution in [2.75, 3.05) is 5.32 Å². The van der Waals surface area contributed by atoms with Gasteiger partial charge in [0.25, 0.3) is 5.91 Å². The van der Waals surface area contributed by atoms with E-state index in [0.717, 1.165) is 16.8 Å². The first-order valence-corrected chi connectivity index (χ1v) is 8.16. The highest BCUT2D eigenvalue weighted by atomic mass is 35.5. The summed E-state index contributed by atoms with van der Waals surface area (Å²) in [6.45, 7) is 2.38. The molecule has 3 aromatic rings. The highest BCUT2D eigenvalue weighted by Gasteiger charge is 2.08. The van der Waals surface area contributed by atoms with Crippen LogP contribution >= 0.6 is 11.6 Å².